The van der Waals surface area contributed by atoms with E-state index in [1.807, 2.05) is 28.8 Å². The average Bonchev–Trinajstić information content (AvgIpc) is 3.12. The van der Waals surface area contributed by atoms with Crippen molar-refractivity contribution in [2.45, 2.75) is 12.8 Å². The van der Waals surface area contributed by atoms with Gasteiger partial charge in [0.05, 0.1) is 12.6 Å². The molecule has 7 nitrogen and oxygen atoms in total. The van der Waals surface area contributed by atoms with Gasteiger partial charge in [-0.2, -0.15) is 0 Å². The van der Waals surface area contributed by atoms with Gasteiger partial charge < -0.3 is 19.4 Å². The van der Waals surface area contributed by atoms with Crippen molar-refractivity contribution in [3.05, 3.63) is 43.0 Å². The number of rotatable bonds is 4. The Morgan fingerprint density at radius 2 is 2.00 bits per heavy atom. The van der Waals surface area contributed by atoms with Crippen LogP contribution in [-0.2, 0) is 4.79 Å². The van der Waals surface area contributed by atoms with Crippen LogP contribution in [0.1, 0.15) is 12.8 Å². The number of ether oxygens (including phenoxy) is 1. The Morgan fingerprint density at radius 1 is 1.19 bits per heavy atom. The molecule has 1 amide bonds. The molecule has 4 rings (SSSR count). The van der Waals surface area contributed by atoms with Gasteiger partial charge in [0.1, 0.15) is 12.1 Å². The number of carbonyl (C=O) groups is 1. The maximum absolute atomic E-state index is 12.5. The van der Waals surface area contributed by atoms with Gasteiger partial charge in [0.15, 0.2) is 0 Å². The Morgan fingerprint density at radius 3 is 2.78 bits per heavy atom. The van der Waals surface area contributed by atoms with Crippen LogP contribution in [0, 0.1) is 5.92 Å². The molecule has 4 heterocycles. The molecule has 140 valence electrons. The van der Waals surface area contributed by atoms with Gasteiger partial charge in [-0.05, 0) is 50.7 Å². The van der Waals surface area contributed by atoms with Gasteiger partial charge in [0.2, 0.25) is 11.8 Å². The highest BCUT2D eigenvalue weighted by Crippen LogP contribution is 2.26. The monoisotopic (exact) mass is 365 g/mol. The van der Waals surface area contributed by atoms with Crippen molar-refractivity contribution in [3.8, 4) is 17.0 Å². The predicted molar refractivity (Wildman–Crippen MR) is 104 cm³/mol. The molecule has 1 N–H and O–H groups in total. The molecule has 1 fully saturated rings. The SMILES string of the molecule is COc1cc(-c2cc3cc(NC(=O)C4CCN(C)CC4)ncn3c2)ccn1. The fraction of sp³-hybridized carbons (Fsp3) is 0.350. The summed E-state index contributed by atoms with van der Waals surface area (Å²) in [5.41, 5.74) is 3.02. The molecule has 1 aliphatic rings. The number of amides is 1. The molecule has 0 saturated carbocycles. The smallest absolute Gasteiger partial charge is 0.228 e. The number of piperidine rings is 1. The summed E-state index contributed by atoms with van der Waals surface area (Å²) in [5, 5.41) is 2.97. The van der Waals surface area contributed by atoms with Crippen molar-refractivity contribution >= 4 is 17.2 Å². The number of fused-ring (bicyclic) bond motifs is 1. The van der Waals surface area contributed by atoms with Crippen LogP contribution in [-0.4, -0.2) is 52.4 Å². The standard InChI is InChI=1S/C20H23N5O2/c1-24-7-4-14(5-8-24)20(26)23-18-11-17-9-16(12-25(17)13-22-18)15-3-6-21-19(10-15)27-2/h3,6,9-14H,4-5,7-8H2,1-2H3,(H,23,26). The quantitative estimate of drug-likeness (QED) is 0.770. The summed E-state index contributed by atoms with van der Waals surface area (Å²) in [4.78, 5) is 23.3. The lowest BCUT2D eigenvalue weighted by Gasteiger charge is -2.27. The zero-order valence-electron chi connectivity index (χ0n) is 15.6. The van der Waals surface area contributed by atoms with E-state index in [1.54, 1.807) is 19.6 Å². The van der Waals surface area contributed by atoms with Crippen molar-refractivity contribution in [2.75, 3.05) is 32.6 Å². The topological polar surface area (TPSA) is 71.8 Å². The van der Waals surface area contributed by atoms with Gasteiger partial charge in [-0.3, -0.25) is 4.79 Å². The summed E-state index contributed by atoms with van der Waals surface area (Å²) in [6.07, 6.45) is 7.23. The Kier molecular flexibility index (Phi) is 4.77. The van der Waals surface area contributed by atoms with Crippen LogP contribution in [0.15, 0.2) is 43.0 Å². The molecule has 1 saturated heterocycles. The van der Waals surface area contributed by atoms with Crippen molar-refractivity contribution < 1.29 is 9.53 Å². The number of methoxy groups -OCH3 is 1. The fourth-order valence-corrected chi connectivity index (χ4v) is 3.44. The van der Waals surface area contributed by atoms with Crippen LogP contribution in [0.3, 0.4) is 0 Å². The molecule has 0 atom stereocenters. The molecule has 27 heavy (non-hydrogen) atoms. The maximum atomic E-state index is 12.5. The largest absolute Gasteiger partial charge is 0.481 e. The summed E-state index contributed by atoms with van der Waals surface area (Å²) in [5.74, 6) is 1.28. The first-order chi connectivity index (χ1) is 13.1. The zero-order valence-corrected chi connectivity index (χ0v) is 15.6. The molecule has 0 aromatic carbocycles. The lowest BCUT2D eigenvalue weighted by molar-refractivity contribution is -0.121. The molecule has 1 aliphatic heterocycles. The molecule has 7 heteroatoms. The molecule has 0 radical (unpaired) electrons. The highest BCUT2D eigenvalue weighted by Gasteiger charge is 2.23. The number of aromatic nitrogens is 3. The molecular weight excluding hydrogens is 342 g/mol. The average molecular weight is 365 g/mol. The van der Waals surface area contributed by atoms with E-state index >= 15 is 0 Å². The van der Waals surface area contributed by atoms with Crippen LogP contribution >= 0.6 is 0 Å². The molecule has 0 bridgehead atoms. The second-order valence-corrected chi connectivity index (χ2v) is 6.99. The maximum Gasteiger partial charge on any atom is 0.228 e. The van der Waals surface area contributed by atoms with E-state index < -0.39 is 0 Å². The van der Waals surface area contributed by atoms with Gasteiger partial charge in [0.25, 0.3) is 0 Å². The summed E-state index contributed by atoms with van der Waals surface area (Å²) in [7, 11) is 3.69. The highest BCUT2D eigenvalue weighted by atomic mass is 16.5. The third-order valence-electron chi connectivity index (χ3n) is 5.10. The first kappa shape index (κ1) is 17.5. The van der Waals surface area contributed by atoms with E-state index in [0.717, 1.165) is 42.6 Å². The van der Waals surface area contributed by atoms with Crippen LogP contribution in [0.5, 0.6) is 5.88 Å². The van der Waals surface area contributed by atoms with Crippen molar-refractivity contribution in [3.63, 3.8) is 0 Å². The highest BCUT2D eigenvalue weighted by molar-refractivity contribution is 5.92. The summed E-state index contributed by atoms with van der Waals surface area (Å²) < 4.78 is 7.13. The minimum atomic E-state index is 0.0607. The first-order valence-corrected chi connectivity index (χ1v) is 9.10. The van der Waals surface area contributed by atoms with Crippen LogP contribution in [0.25, 0.3) is 16.6 Å². The molecule has 0 aliphatic carbocycles. The van der Waals surface area contributed by atoms with Crippen molar-refractivity contribution in [1.82, 2.24) is 19.3 Å². The summed E-state index contributed by atoms with van der Waals surface area (Å²) >= 11 is 0. The number of anilines is 1. The number of nitrogens with one attached hydrogen (secondary N) is 1. The zero-order chi connectivity index (χ0) is 18.8. The van der Waals surface area contributed by atoms with E-state index in [9.17, 15) is 4.79 Å². The number of likely N-dealkylation sites (tertiary alicyclic amines) is 1. The van der Waals surface area contributed by atoms with Crippen LogP contribution in [0.4, 0.5) is 5.82 Å². The van der Waals surface area contributed by atoms with E-state index in [2.05, 4.69) is 33.3 Å². The summed E-state index contributed by atoms with van der Waals surface area (Å²) in [6.45, 7) is 1.92. The number of hydrogen-bond acceptors (Lipinski definition) is 5. The second-order valence-electron chi connectivity index (χ2n) is 6.99. The van der Waals surface area contributed by atoms with Gasteiger partial charge >= 0.3 is 0 Å². The molecule has 3 aromatic heterocycles. The minimum Gasteiger partial charge on any atom is -0.481 e. The van der Waals surface area contributed by atoms with Crippen LogP contribution < -0.4 is 10.1 Å². The normalized spacial score (nSPS) is 15.8. The Balaban J connectivity index is 1.53. The molecular formula is C20H23N5O2. The molecule has 3 aromatic rings. The number of carbonyl (C=O) groups excluding carboxylic acids is 1. The lowest BCUT2D eigenvalue weighted by atomic mass is 9.96. The molecule has 0 unspecified atom stereocenters. The van der Waals surface area contributed by atoms with Gasteiger partial charge in [-0.25, -0.2) is 9.97 Å². The van der Waals surface area contributed by atoms with Gasteiger partial charge in [0, 0.05) is 36.0 Å². The number of pyridine rings is 1. The molecule has 0 spiro atoms. The van der Waals surface area contributed by atoms with E-state index in [0.29, 0.717) is 11.7 Å². The Bertz CT molecular complexity index is 960. The van der Waals surface area contributed by atoms with E-state index in [4.69, 9.17) is 4.74 Å². The minimum absolute atomic E-state index is 0.0607. The van der Waals surface area contributed by atoms with Gasteiger partial charge in [-0.15, -0.1) is 0 Å². The number of hydrogen-bond donors (Lipinski definition) is 1. The fourth-order valence-electron chi connectivity index (χ4n) is 3.44. The van der Waals surface area contributed by atoms with Crippen molar-refractivity contribution in [1.29, 1.82) is 0 Å². The van der Waals surface area contributed by atoms with E-state index in [1.165, 1.54) is 0 Å². The van der Waals surface area contributed by atoms with Crippen LogP contribution in [0.2, 0.25) is 0 Å². The number of nitrogens with zero attached hydrogens (tertiary/aromatic N) is 4. The van der Waals surface area contributed by atoms with Crippen molar-refractivity contribution in [2.24, 2.45) is 5.92 Å². The van der Waals surface area contributed by atoms with Gasteiger partial charge in [-0.1, -0.05) is 0 Å². The predicted octanol–water partition coefficient (Wildman–Crippen LogP) is 2.69. The Labute approximate surface area is 158 Å². The second kappa shape index (κ2) is 7.36. The third kappa shape index (κ3) is 3.78. The van der Waals surface area contributed by atoms with E-state index in [-0.39, 0.29) is 11.8 Å². The first-order valence-electron chi connectivity index (χ1n) is 9.10. The lowest BCUT2D eigenvalue weighted by Crippen LogP contribution is -2.36. The third-order valence-corrected chi connectivity index (χ3v) is 5.10. The summed E-state index contributed by atoms with van der Waals surface area (Å²) in [6, 6.07) is 7.79. The Hall–Kier alpha value is -2.93.